The lowest BCUT2D eigenvalue weighted by Crippen LogP contribution is -2.15. The van der Waals surface area contributed by atoms with Crippen molar-refractivity contribution in [3.63, 3.8) is 0 Å². The summed E-state index contributed by atoms with van der Waals surface area (Å²) in [5.41, 5.74) is -2.33. The van der Waals surface area contributed by atoms with E-state index in [0.29, 0.717) is 6.07 Å². The second-order valence-corrected chi connectivity index (χ2v) is 2.60. The molecule has 1 rings (SSSR count). The fourth-order valence-corrected chi connectivity index (χ4v) is 1.05. The average Bonchev–Trinajstić information content (AvgIpc) is 2.16. The van der Waals surface area contributed by atoms with Crippen molar-refractivity contribution in [3.05, 3.63) is 27.7 Å². The molecule has 0 spiro atoms. The third-order valence-electron chi connectivity index (χ3n) is 1.67. The summed E-state index contributed by atoms with van der Waals surface area (Å²) in [7, 11) is 1.05. The maximum absolute atomic E-state index is 12.4. The van der Waals surface area contributed by atoms with Crippen molar-refractivity contribution in [1.82, 2.24) is 4.98 Å². The highest BCUT2D eigenvalue weighted by Crippen LogP contribution is 2.23. The number of halogens is 2. The van der Waals surface area contributed by atoms with E-state index in [0.717, 1.165) is 7.11 Å². The Labute approximate surface area is 82.3 Å². The van der Waals surface area contributed by atoms with E-state index in [4.69, 9.17) is 5.11 Å². The summed E-state index contributed by atoms with van der Waals surface area (Å²) < 4.78 is 29.2. The molecular formula is C8H7F2NO4. The van der Waals surface area contributed by atoms with Crippen LogP contribution in [0.25, 0.3) is 0 Å². The Morgan fingerprint density at radius 1 is 1.60 bits per heavy atom. The van der Waals surface area contributed by atoms with Gasteiger partial charge in [0.1, 0.15) is 11.4 Å². The quantitative estimate of drug-likeness (QED) is 0.795. The van der Waals surface area contributed by atoms with Crippen molar-refractivity contribution in [1.29, 1.82) is 0 Å². The second kappa shape index (κ2) is 4.07. The average molecular weight is 219 g/mol. The largest absolute Gasteiger partial charge is 0.491 e. The van der Waals surface area contributed by atoms with Crippen LogP contribution in [0.4, 0.5) is 8.78 Å². The highest BCUT2D eigenvalue weighted by molar-refractivity contribution is 5.85. The summed E-state index contributed by atoms with van der Waals surface area (Å²) in [4.78, 5) is 23.6. The van der Waals surface area contributed by atoms with Gasteiger partial charge in [-0.3, -0.25) is 4.79 Å². The van der Waals surface area contributed by atoms with Crippen LogP contribution in [-0.4, -0.2) is 23.2 Å². The van der Waals surface area contributed by atoms with E-state index in [9.17, 15) is 18.4 Å². The number of alkyl halides is 2. The lowest BCUT2D eigenvalue weighted by Gasteiger charge is -2.07. The van der Waals surface area contributed by atoms with Gasteiger partial charge in [-0.25, -0.2) is 13.6 Å². The number of methoxy groups -OCH3 is 1. The zero-order valence-corrected chi connectivity index (χ0v) is 7.58. The van der Waals surface area contributed by atoms with Crippen LogP contribution in [0.2, 0.25) is 0 Å². The summed E-state index contributed by atoms with van der Waals surface area (Å²) in [6.07, 6.45) is -3.01. The summed E-state index contributed by atoms with van der Waals surface area (Å²) in [6, 6.07) is 0.688. The zero-order valence-electron chi connectivity index (χ0n) is 7.58. The van der Waals surface area contributed by atoms with E-state index in [1.54, 1.807) is 0 Å². The van der Waals surface area contributed by atoms with Gasteiger partial charge in [0.15, 0.2) is 5.75 Å². The highest BCUT2D eigenvalue weighted by atomic mass is 19.3. The van der Waals surface area contributed by atoms with E-state index >= 15 is 0 Å². The predicted molar refractivity (Wildman–Crippen MR) is 45.5 cm³/mol. The molecule has 2 N–H and O–H groups in total. The number of aromatic carboxylic acids is 1. The fraction of sp³-hybridized carbons (Fsp3) is 0.250. The molecule has 0 amide bonds. The summed E-state index contributed by atoms with van der Waals surface area (Å²) in [5, 5.41) is 8.52. The molecule has 15 heavy (non-hydrogen) atoms. The van der Waals surface area contributed by atoms with Gasteiger partial charge in [0.2, 0.25) is 5.43 Å². The molecule has 7 heteroatoms. The number of pyridine rings is 1. The highest BCUT2D eigenvalue weighted by Gasteiger charge is 2.20. The molecule has 1 heterocycles. The number of aromatic nitrogens is 1. The van der Waals surface area contributed by atoms with E-state index in [-0.39, 0.29) is 0 Å². The molecule has 82 valence electrons. The minimum atomic E-state index is -3.01. The van der Waals surface area contributed by atoms with Crippen molar-refractivity contribution in [2.75, 3.05) is 7.11 Å². The molecule has 1 aromatic heterocycles. The third kappa shape index (κ3) is 2.12. The third-order valence-corrected chi connectivity index (χ3v) is 1.67. The minimum absolute atomic E-state index is 0.574. The van der Waals surface area contributed by atoms with Crippen LogP contribution >= 0.6 is 0 Å². The summed E-state index contributed by atoms with van der Waals surface area (Å²) >= 11 is 0. The van der Waals surface area contributed by atoms with Gasteiger partial charge in [0.05, 0.1) is 7.11 Å². The molecule has 0 atom stereocenters. The number of H-pyrrole nitrogens is 1. The van der Waals surface area contributed by atoms with Crippen LogP contribution in [0.5, 0.6) is 5.75 Å². The van der Waals surface area contributed by atoms with Crippen molar-refractivity contribution in [2.45, 2.75) is 6.43 Å². The molecule has 0 unspecified atom stereocenters. The summed E-state index contributed by atoms with van der Waals surface area (Å²) in [6.45, 7) is 0. The molecule has 0 fully saturated rings. The number of ether oxygens (including phenoxy) is 1. The van der Waals surface area contributed by atoms with Gasteiger partial charge in [0.25, 0.3) is 6.43 Å². The topological polar surface area (TPSA) is 79.4 Å². The maximum Gasteiger partial charge on any atom is 0.352 e. The van der Waals surface area contributed by atoms with Crippen LogP contribution in [0.15, 0.2) is 10.9 Å². The smallest absolute Gasteiger partial charge is 0.352 e. The van der Waals surface area contributed by atoms with Gasteiger partial charge in [-0.1, -0.05) is 0 Å². The van der Waals surface area contributed by atoms with Crippen LogP contribution in [0.1, 0.15) is 22.6 Å². The van der Waals surface area contributed by atoms with Crippen LogP contribution in [0.3, 0.4) is 0 Å². The lowest BCUT2D eigenvalue weighted by atomic mass is 10.2. The Kier molecular flexibility index (Phi) is 3.03. The van der Waals surface area contributed by atoms with Gasteiger partial charge in [-0.05, 0) is 0 Å². The van der Waals surface area contributed by atoms with Crippen LogP contribution in [0, 0.1) is 0 Å². The Morgan fingerprint density at radius 3 is 2.60 bits per heavy atom. The molecule has 0 radical (unpaired) electrons. The van der Waals surface area contributed by atoms with Crippen molar-refractivity contribution < 1.29 is 23.4 Å². The second-order valence-electron chi connectivity index (χ2n) is 2.60. The number of hydrogen-bond acceptors (Lipinski definition) is 3. The fourth-order valence-electron chi connectivity index (χ4n) is 1.05. The van der Waals surface area contributed by atoms with Crippen molar-refractivity contribution >= 4 is 5.97 Å². The molecule has 0 bridgehead atoms. The molecule has 1 aromatic rings. The number of hydrogen-bond donors (Lipinski definition) is 2. The SMILES string of the molecule is COc1c(C(F)F)[nH]c(C(=O)O)cc1=O. The Hall–Kier alpha value is -1.92. The van der Waals surface area contributed by atoms with Gasteiger partial charge in [-0.15, -0.1) is 0 Å². The van der Waals surface area contributed by atoms with Gasteiger partial charge in [0, 0.05) is 6.07 Å². The van der Waals surface area contributed by atoms with E-state index in [1.165, 1.54) is 0 Å². The van der Waals surface area contributed by atoms with Gasteiger partial charge >= 0.3 is 5.97 Å². The normalized spacial score (nSPS) is 10.4. The Balaban J connectivity index is 3.46. The molecule has 0 aliphatic heterocycles. The molecule has 0 aliphatic rings. The van der Waals surface area contributed by atoms with Crippen molar-refractivity contribution in [3.8, 4) is 5.75 Å². The van der Waals surface area contributed by atoms with Crippen LogP contribution < -0.4 is 10.2 Å². The first-order valence-electron chi connectivity index (χ1n) is 3.80. The number of rotatable bonds is 3. The molecule has 0 saturated heterocycles. The van der Waals surface area contributed by atoms with Gasteiger partial charge in [-0.2, -0.15) is 0 Å². The van der Waals surface area contributed by atoms with E-state index < -0.39 is 35.0 Å². The summed E-state index contributed by atoms with van der Waals surface area (Å²) in [5.74, 6) is -2.06. The number of carbonyl (C=O) groups is 1. The minimum Gasteiger partial charge on any atom is -0.491 e. The molecule has 0 aromatic carbocycles. The monoisotopic (exact) mass is 219 g/mol. The van der Waals surface area contributed by atoms with Crippen LogP contribution in [-0.2, 0) is 0 Å². The van der Waals surface area contributed by atoms with E-state index in [2.05, 4.69) is 4.74 Å². The molecule has 0 saturated carbocycles. The Bertz CT molecular complexity index is 441. The number of aromatic amines is 1. The molecule has 5 nitrogen and oxygen atoms in total. The number of carboxylic acids is 1. The Morgan fingerprint density at radius 2 is 2.20 bits per heavy atom. The standard InChI is InChI=1S/C8H7F2NO4/c1-15-6-4(12)2-3(8(13)14)11-5(6)7(9)10/h2,7H,1H3,(H,11,12)(H,13,14). The zero-order chi connectivity index (χ0) is 11.6. The van der Waals surface area contributed by atoms with E-state index in [1.807, 2.05) is 4.98 Å². The van der Waals surface area contributed by atoms with Gasteiger partial charge < -0.3 is 14.8 Å². The number of carboxylic acid groups (broad SMARTS) is 1. The molecule has 0 aliphatic carbocycles. The molecular weight excluding hydrogens is 212 g/mol. The lowest BCUT2D eigenvalue weighted by molar-refractivity contribution is 0.0688. The first-order chi connectivity index (χ1) is 6.97. The van der Waals surface area contributed by atoms with Crippen molar-refractivity contribution in [2.24, 2.45) is 0 Å². The first-order valence-corrected chi connectivity index (χ1v) is 3.80. The maximum atomic E-state index is 12.4. The number of nitrogens with one attached hydrogen (secondary N) is 1. The first kappa shape index (κ1) is 11.2. The predicted octanol–water partition coefficient (Wildman–Crippen LogP) is 1.02.